The normalized spacial score (nSPS) is 19.9. The zero-order chi connectivity index (χ0) is 15.2. The van der Waals surface area contributed by atoms with Crippen LogP contribution in [-0.2, 0) is 16.1 Å². The quantitative estimate of drug-likeness (QED) is 0.544. The van der Waals surface area contributed by atoms with Crippen molar-refractivity contribution in [3.8, 4) is 0 Å². The van der Waals surface area contributed by atoms with E-state index in [0.717, 1.165) is 5.56 Å². The van der Waals surface area contributed by atoms with E-state index in [9.17, 15) is 14.4 Å². The molecule has 8 heteroatoms. The monoisotopic (exact) mass is 292 g/mol. The first-order chi connectivity index (χ1) is 10.1. The summed E-state index contributed by atoms with van der Waals surface area (Å²) in [6, 6.07) is 7.35. The summed E-state index contributed by atoms with van der Waals surface area (Å²) >= 11 is 0. The predicted octanol–water partition coefficient (Wildman–Crippen LogP) is -0.552. The zero-order valence-corrected chi connectivity index (χ0v) is 11.2. The van der Waals surface area contributed by atoms with Gasteiger partial charge in [-0.2, -0.15) is 0 Å². The van der Waals surface area contributed by atoms with E-state index in [2.05, 4.69) is 16.0 Å². The number of β-lactam (4-membered cyclic amide) rings is 1. The van der Waals surface area contributed by atoms with Crippen LogP contribution in [0.3, 0.4) is 0 Å². The first-order valence-corrected chi connectivity index (χ1v) is 6.37. The molecule has 0 saturated carbocycles. The van der Waals surface area contributed by atoms with Gasteiger partial charge in [-0.15, -0.1) is 0 Å². The maximum absolute atomic E-state index is 11.6. The lowest BCUT2D eigenvalue weighted by atomic mass is 9.99. The van der Waals surface area contributed by atoms with Gasteiger partial charge in [-0.3, -0.25) is 4.79 Å². The van der Waals surface area contributed by atoms with E-state index in [1.54, 1.807) is 0 Å². The third kappa shape index (κ3) is 4.10. The first kappa shape index (κ1) is 14.6. The van der Waals surface area contributed by atoms with Crippen LogP contribution in [0.1, 0.15) is 5.56 Å². The molecule has 0 bridgehead atoms. The summed E-state index contributed by atoms with van der Waals surface area (Å²) in [5.74, 6) is -0.331. The Morgan fingerprint density at radius 1 is 1.29 bits per heavy atom. The van der Waals surface area contributed by atoms with Crippen LogP contribution in [0.5, 0.6) is 0 Å². The molecular weight excluding hydrogens is 276 g/mol. The van der Waals surface area contributed by atoms with Crippen molar-refractivity contribution in [3.63, 3.8) is 0 Å². The molecule has 0 spiro atoms. The molecule has 1 aromatic rings. The zero-order valence-electron chi connectivity index (χ0n) is 11.2. The number of carbonyl (C=O) groups excluding carboxylic acids is 3. The Hall–Kier alpha value is -2.77. The Balaban J connectivity index is 1.76. The summed E-state index contributed by atoms with van der Waals surface area (Å²) in [4.78, 5) is 33.6. The average molecular weight is 292 g/mol. The number of hydrogen-bond acceptors (Lipinski definition) is 4. The number of primary amides is 1. The molecule has 2 atom stereocenters. The lowest BCUT2D eigenvalue weighted by molar-refractivity contribution is -0.131. The minimum atomic E-state index is -0.736. The molecule has 0 aromatic heterocycles. The van der Waals surface area contributed by atoms with Gasteiger partial charge in [0.2, 0.25) is 5.91 Å². The maximum atomic E-state index is 11.6. The van der Waals surface area contributed by atoms with Gasteiger partial charge < -0.3 is 26.4 Å². The average Bonchev–Trinajstić information content (AvgIpc) is 2.47. The summed E-state index contributed by atoms with van der Waals surface area (Å²) < 4.78 is 5.01. The molecule has 1 fully saturated rings. The van der Waals surface area contributed by atoms with Crippen molar-refractivity contribution in [1.82, 2.24) is 16.0 Å². The Morgan fingerprint density at radius 2 is 2.00 bits per heavy atom. The molecule has 21 heavy (non-hydrogen) atoms. The number of rotatable bonds is 5. The number of ether oxygens (including phenoxy) is 1. The number of benzene rings is 1. The highest BCUT2D eigenvalue weighted by atomic mass is 16.5. The number of alkyl carbamates (subject to hydrolysis) is 1. The van der Waals surface area contributed by atoms with E-state index >= 15 is 0 Å². The molecule has 1 aliphatic heterocycles. The minimum Gasteiger partial charge on any atom is -0.445 e. The molecule has 5 N–H and O–H groups in total. The molecule has 8 nitrogen and oxygen atoms in total. The van der Waals surface area contributed by atoms with Crippen molar-refractivity contribution >= 4 is 18.0 Å². The summed E-state index contributed by atoms with van der Waals surface area (Å²) in [5, 5.41) is 7.35. The summed E-state index contributed by atoms with van der Waals surface area (Å²) in [5.41, 5.74) is 5.78. The molecule has 0 aliphatic carbocycles. The second-order valence-electron chi connectivity index (χ2n) is 4.54. The standard InChI is InChI=1S/C13H16N4O4/c14-12(19)15-6-9-10(11(18)16-9)17-13(20)21-7-8-4-2-1-3-5-8/h1-5,9-10H,6-7H2,(H,16,18)(H,17,20)(H3,14,15,19)/t9-,10+/m0/s1. The number of nitrogens with two attached hydrogens (primary N) is 1. The minimum absolute atomic E-state index is 0.116. The van der Waals surface area contributed by atoms with Gasteiger partial charge in [0.05, 0.1) is 6.04 Å². The SMILES string of the molecule is NC(=O)NC[C@@H]1NC(=O)[C@@H]1NC(=O)OCc1ccccc1. The van der Waals surface area contributed by atoms with Crippen molar-refractivity contribution in [2.24, 2.45) is 5.73 Å². The van der Waals surface area contributed by atoms with E-state index in [4.69, 9.17) is 10.5 Å². The lowest BCUT2D eigenvalue weighted by Gasteiger charge is -2.36. The van der Waals surface area contributed by atoms with Gasteiger partial charge in [0.1, 0.15) is 12.6 Å². The number of carbonyl (C=O) groups is 3. The van der Waals surface area contributed by atoms with Gasteiger partial charge in [-0.25, -0.2) is 9.59 Å². The van der Waals surface area contributed by atoms with Gasteiger partial charge in [0, 0.05) is 6.54 Å². The molecule has 1 aliphatic rings. The van der Waals surface area contributed by atoms with Gasteiger partial charge in [0.25, 0.3) is 0 Å². The van der Waals surface area contributed by atoms with Crippen LogP contribution in [0.15, 0.2) is 30.3 Å². The Morgan fingerprint density at radius 3 is 2.62 bits per heavy atom. The molecule has 1 heterocycles. The Kier molecular flexibility index (Phi) is 4.60. The first-order valence-electron chi connectivity index (χ1n) is 6.37. The van der Waals surface area contributed by atoms with Crippen LogP contribution in [0, 0.1) is 0 Å². The van der Waals surface area contributed by atoms with Crippen molar-refractivity contribution in [1.29, 1.82) is 0 Å². The summed E-state index contributed by atoms with van der Waals surface area (Å²) in [6.45, 7) is 0.260. The van der Waals surface area contributed by atoms with E-state index in [-0.39, 0.29) is 19.1 Å². The fraction of sp³-hybridized carbons (Fsp3) is 0.308. The molecule has 1 saturated heterocycles. The molecule has 4 amide bonds. The molecule has 112 valence electrons. The van der Waals surface area contributed by atoms with Crippen molar-refractivity contribution in [3.05, 3.63) is 35.9 Å². The maximum Gasteiger partial charge on any atom is 0.408 e. The molecule has 0 unspecified atom stereocenters. The number of amides is 4. The van der Waals surface area contributed by atoms with Crippen molar-refractivity contribution < 1.29 is 19.1 Å². The van der Waals surface area contributed by atoms with Gasteiger partial charge >= 0.3 is 12.1 Å². The van der Waals surface area contributed by atoms with E-state index in [1.165, 1.54) is 0 Å². The van der Waals surface area contributed by atoms with Crippen LogP contribution >= 0.6 is 0 Å². The molecule has 0 radical (unpaired) electrons. The smallest absolute Gasteiger partial charge is 0.408 e. The van der Waals surface area contributed by atoms with E-state index in [0.29, 0.717) is 0 Å². The van der Waals surface area contributed by atoms with E-state index in [1.807, 2.05) is 30.3 Å². The van der Waals surface area contributed by atoms with Crippen LogP contribution in [0.4, 0.5) is 9.59 Å². The van der Waals surface area contributed by atoms with Crippen LogP contribution in [0.25, 0.3) is 0 Å². The number of urea groups is 1. The highest BCUT2D eigenvalue weighted by Crippen LogP contribution is 2.06. The third-order valence-electron chi connectivity index (χ3n) is 2.99. The second kappa shape index (κ2) is 6.60. The fourth-order valence-corrected chi connectivity index (χ4v) is 1.88. The lowest BCUT2D eigenvalue weighted by Crippen LogP contribution is -2.72. The number of hydrogen-bond donors (Lipinski definition) is 4. The summed E-state index contributed by atoms with van der Waals surface area (Å²) in [7, 11) is 0. The molecule has 1 aromatic carbocycles. The van der Waals surface area contributed by atoms with Gasteiger partial charge in [-0.05, 0) is 5.56 Å². The van der Waals surface area contributed by atoms with Crippen LogP contribution in [0.2, 0.25) is 0 Å². The second-order valence-corrected chi connectivity index (χ2v) is 4.54. The number of nitrogens with one attached hydrogen (secondary N) is 3. The topological polar surface area (TPSA) is 123 Å². The van der Waals surface area contributed by atoms with Crippen molar-refractivity contribution in [2.75, 3.05) is 6.54 Å². The van der Waals surface area contributed by atoms with Crippen LogP contribution < -0.4 is 21.7 Å². The van der Waals surface area contributed by atoms with E-state index < -0.39 is 24.2 Å². The Bertz CT molecular complexity index is 534. The fourth-order valence-electron chi connectivity index (χ4n) is 1.88. The molecule has 2 rings (SSSR count). The highest BCUT2D eigenvalue weighted by Gasteiger charge is 2.40. The van der Waals surface area contributed by atoms with Crippen LogP contribution in [-0.4, -0.2) is 36.7 Å². The molecular formula is C13H16N4O4. The predicted molar refractivity (Wildman–Crippen MR) is 73.1 cm³/mol. The van der Waals surface area contributed by atoms with Gasteiger partial charge in [-0.1, -0.05) is 30.3 Å². The third-order valence-corrected chi connectivity index (χ3v) is 2.99. The largest absolute Gasteiger partial charge is 0.445 e. The Labute approximate surface area is 121 Å². The highest BCUT2D eigenvalue weighted by molar-refractivity contribution is 5.92. The van der Waals surface area contributed by atoms with Gasteiger partial charge in [0.15, 0.2) is 0 Å². The van der Waals surface area contributed by atoms with Crippen molar-refractivity contribution in [2.45, 2.75) is 18.7 Å². The summed E-state index contributed by atoms with van der Waals surface area (Å²) in [6.07, 6.45) is -0.692.